The smallest absolute Gasteiger partial charge is 0.223 e. The molecule has 0 radical (unpaired) electrons. The predicted octanol–water partition coefficient (Wildman–Crippen LogP) is 1.92. The first-order chi connectivity index (χ1) is 11.2. The van der Waals surface area contributed by atoms with Crippen molar-refractivity contribution in [2.45, 2.75) is 45.3 Å². The second-order valence-corrected chi connectivity index (χ2v) is 6.12. The Balaban J connectivity index is 1.70. The Morgan fingerprint density at radius 2 is 2.17 bits per heavy atom. The molecule has 3 rings (SSSR count). The number of fused-ring (bicyclic) bond motifs is 1. The number of rotatable bonds is 4. The Kier molecular flexibility index (Phi) is 4.76. The highest BCUT2D eigenvalue weighted by atomic mass is 16.3. The summed E-state index contributed by atoms with van der Waals surface area (Å²) < 4.78 is 1.93. The normalized spacial score (nSPS) is 17.7. The zero-order valence-corrected chi connectivity index (χ0v) is 13.5. The van der Waals surface area contributed by atoms with E-state index in [1.807, 2.05) is 27.8 Å². The van der Waals surface area contributed by atoms with E-state index in [-0.39, 0.29) is 18.6 Å². The van der Waals surface area contributed by atoms with Crippen LogP contribution in [0.4, 0.5) is 0 Å². The fourth-order valence-electron chi connectivity index (χ4n) is 3.18. The van der Waals surface area contributed by atoms with Gasteiger partial charge in [-0.2, -0.15) is 5.10 Å². The molecule has 0 aliphatic carbocycles. The second-order valence-electron chi connectivity index (χ2n) is 6.12. The number of carbonyl (C=O) groups excluding carboxylic acids is 1. The van der Waals surface area contributed by atoms with Gasteiger partial charge >= 0.3 is 0 Å². The number of carbonyl (C=O) groups is 1. The van der Waals surface area contributed by atoms with E-state index in [9.17, 15) is 9.90 Å². The van der Waals surface area contributed by atoms with E-state index < -0.39 is 0 Å². The third kappa shape index (κ3) is 3.45. The lowest BCUT2D eigenvalue weighted by atomic mass is 10.0. The highest BCUT2D eigenvalue weighted by Gasteiger charge is 2.27. The van der Waals surface area contributed by atoms with Gasteiger partial charge in [0.2, 0.25) is 5.91 Å². The molecule has 1 atom stereocenters. The van der Waals surface area contributed by atoms with Crippen molar-refractivity contribution >= 4 is 5.91 Å². The summed E-state index contributed by atoms with van der Waals surface area (Å²) in [5, 5.41) is 13.9. The highest BCUT2D eigenvalue weighted by Crippen LogP contribution is 2.19. The summed E-state index contributed by atoms with van der Waals surface area (Å²) in [6.45, 7) is 3.34. The molecule has 1 N–H and O–H groups in total. The first-order valence-electron chi connectivity index (χ1n) is 8.14. The second kappa shape index (κ2) is 6.96. The Bertz CT molecular complexity index is 680. The molecule has 1 aliphatic heterocycles. The molecule has 2 aromatic rings. The minimum Gasteiger partial charge on any atom is -0.394 e. The van der Waals surface area contributed by atoms with Crippen molar-refractivity contribution in [3.63, 3.8) is 0 Å². The summed E-state index contributed by atoms with van der Waals surface area (Å²) >= 11 is 0. The maximum Gasteiger partial charge on any atom is 0.223 e. The molecule has 1 unspecified atom stereocenters. The molecule has 1 aromatic heterocycles. The van der Waals surface area contributed by atoms with Crippen LogP contribution in [0.25, 0.3) is 0 Å². The van der Waals surface area contributed by atoms with E-state index in [2.05, 4.69) is 24.2 Å². The van der Waals surface area contributed by atoms with Gasteiger partial charge in [-0.25, -0.2) is 0 Å². The zero-order valence-electron chi connectivity index (χ0n) is 13.5. The quantitative estimate of drug-likeness (QED) is 0.938. The van der Waals surface area contributed by atoms with Gasteiger partial charge in [-0.3, -0.25) is 9.48 Å². The van der Waals surface area contributed by atoms with Crippen LogP contribution in [-0.4, -0.2) is 38.3 Å². The molecule has 1 aliphatic rings. The van der Waals surface area contributed by atoms with E-state index in [1.54, 1.807) is 6.20 Å². The number of benzene rings is 1. The molecule has 0 saturated heterocycles. The Labute approximate surface area is 136 Å². The van der Waals surface area contributed by atoms with Gasteiger partial charge in [0.05, 0.1) is 24.9 Å². The summed E-state index contributed by atoms with van der Waals surface area (Å²) in [6.07, 6.45) is 3.71. The van der Waals surface area contributed by atoms with Crippen LogP contribution in [-0.2, 0) is 24.3 Å². The molecule has 1 aromatic carbocycles. The zero-order chi connectivity index (χ0) is 16.2. The summed E-state index contributed by atoms with van der Waals surface area (Å²) in [4.78, 5) is 14.5. The van der Waals surface area contributed by atoms with Crippen LogP contribution >= 0.6 is 0 Å². The van der Waals surface area contributed by atoms with E-state index in [0.29, 0.717) is 13.0 Å². The lowest BCUT2D eigenvalue weighted by Gasteiger charge is -2.28. The van der Waals surface area contributed by atoms with Crippen molar-refractivity contribution in [2.75, 3.05) is 6.61 Å². The molecule has 5 heteroatoms. The lowest BCUT2D eigenvalue weighted by molar-refractivity contribution is -0.135. The molecule has 122 valence electrons. The van der Waals surface area contributed by atoms with E-state index in [1.165, 1.54) is 11.1 Å². The van der Waals surface area contributed by atoms with Crippen LogP contribution in [0.3, 0.4) is 0 Å². The highest BCUT2D eigenvalue weighted by molar-refractivity contribution is 5.77. The largest absolute Gasteiger partial charge is 0.394 e. The monoisotopic (exact) mass is 313 g/mol. The third-order valence-electron chi connectivity index (χ3n) is 4.65. The summed E-state index contributed by atoms with van der Waals surface area (Å²) in [6, 6.07) is 9.99. The molecule has 0 fully saturated rings. The summed E-state index contributed by atoms with van der Waals surface area (Å²) in [7, 11) is 0. The Morgan fingerprint density at radius 3 is 2.96 bits per heavy atom. The fourth-order valence-corrected chi connectivity index (χ4v) is 3.18. The van der Waals surface area contributed by atoms with Crippen molar-refractivity contribution in [3.05, 3.63) is 53.3 Å². The van der Waals surface area contributed by atoms with E-state index in [0.717, 1.165) is 25.1 Å². The maximum absolute atomic E-state index is 12.7. The summed E-state index contributed by atoms with van der Waals surface area (Å²) in [5.41, 5.74) is 3.46. The first kappa shape index (κ1) is 15.7. The standard InChI is InChI=1S/C18H23N3O2/c1-14-4-2-3-5-15(14)6-7-18(23)20-12-16-8-10-19-21(16)11-9-17(20)13-22/h2-5,8,10,17,22H,6-7,9,11-13H2,1H3. The van der Waals surface area contributed by atoms with Crippen LogP contribution in [0, 0.1) is 6.92 Å². The molecule has 23 heavy (non-hydrogen) atoms. The van der Waals surface area contributed by atoms with Gasteiger partial charge in [-0.05, 0) is 37.0 Å². The van der Waals surface area contributed by atoms with Crippen LogP contribution < -0.4 is 0 Å². The number of aromatic nitrogens is 2. The van der Waals surface area contributed by atoms with Crippen LogP contribution in [0.5, 0.6) is 0 Å². The number of amides is 1. The fraction of sp³-hybridized carbons (Fsp3) is 0.444. The molecule has 1 amide bonds. The number of hydrogen-bond acceptors (Lipinski definition) is 3. The van der Waals surface area contributed by atoms with Gasteiger partial charge in [-0.1, -0.05) is 24.3 Å². The molecule has 0 saturated carbocycles. The number of aliphatic hydroxyl groups is 1. The van der Waals surface area contributed by atoms with E-state index >= 15 is 0 Å². The molecular formula is C18H23N3O2. The van der Waals surface area contributed by atoms with Gasteiger partial charge in [-0.15, -0.1) is 0 Å². The number of hydrogen-bond donors (Lipinski definition) is 1. The Hall–Kier alpha value is -2.14. The molecule has 0 bridgehead atoms. The SMILES string of the molecule is Cc1ccccc1CCC(=O)N1Cc2ccnn2CCC1CO. The molecule has 2 heterocycles. The number of aliphatic hydroxyl groups excluding tert-OH is 1. The van der Waals surface area contributed by atoms with Crippen molar-refractivity contribution in [1.29, 1.82) is 0 Å². The van der Waals surface area contributed by atoms with Gasteiger partial charge in [0.1, 0.15) is 0 Å². The predicted molar refractivity (Wildman–Crippen MR) is 87.8 cm³/mol. The van der Waals surface area contributed by atoms with Crippen molar-refractivity contribution in [2.24, 2.45) is 0 Å². The molecule has 0 spiro atoms. The molecular weight excluding hydrogens is 290 g/mol. The Morgan fingerprint density at radius 1 is 1.35 bits per heavy atom. The first-order valence-corrected chi connectivity index (χ1v) is 8.14. The maximum atomic E-state index is 12.7. The van der Waals surface area contributed by atoms with Gasteiger partial charge in [0.15, 0.2) is 0 Å². The minimum atomic E-state index is -0.124. The van der Waals surface area contributed by atoms with Gasteiger partial charge < -0.3 is 10.0 Å². The number of aryl methyl sites for hydroxylation is 3. The average Bonchev–Trinajstić information content (AvgIpc) is 2.93. The van der Waals surface area contributed by atoms with Gasteiger partial charge in [0, 0.05) is 19.2 Å². The lowest BCUT2D eigenvalue weighted by Crippen LogP contribution is -2.41. The van der Waals surface area contributed by atoms with Crippen LogP contribution in [0.15, 0.2) is 36.5 Å². The van der Waals surface area contributed by atoms with Crippen molar-refractivity contribution in [1.82, 2.24) is 14.7 Å². The van der Waals surface area contributed by atoms with Gasteiger partial charge in [0.25, 0.3) is 0 Å². The third-order valence-corrected chi connectivity index (χ3v) is 4.65. The van der Waals surface area contributed by atoms with Crippen LogP contribution in [0.2, 0.25) is 0 Å². The summed E-state index contributed by atoms with van der Waals surface area (Å²) in [5.74, 6) is 0.0990. The van der Waals surface area contributed by atoms with Crippen molar-refractivity contribution in [3.8, 4) is 0 Å². The molecule has 5 nitrogen and oxygen atoms in total. The average molecular weight is 313 g/mol. The van der Waals surface area contributed by atoms with E-state index in [4.69, 9.17) is 0 Å². The minimum absolute atomic E-state index is 0.000932. The number of nitrogens with zero attached hydrogens (tertiary/aromatic N) is 3. The topological polar surface area (TPSA) is 58.4 Å². The van der Waals surface area contributed by atoms with Crippen molar-refractivity contribution < 1.29 is 9.90 Å². The van der Waals surface area contributed by atoms with Crippen LogP contribution in [0.1, 0.15) is 29.7 Å².